The standard InChI is InChI=1S/C13H16N2O/c1-9-6-12(4-2-10(9)8-14)16-13-5-3-11(15)7-13/h2,4,6,11,13H,3,5,7,15H2,1H3. The lowest BCUT2D eigenvalue weighted by atomic mass is 10.1. The van der Waals surface area contributed by atoms with Crippen LogP contribution >= 0.6 is 0 Å². The van der Waals surface area contributed by atoms with Gasteiger partial charge in [0, 0.05) is 6.04 Å². The lowest BCUT2D eigenvalue weighted by Crippen LogP contribution is -2.19. The maximum absolute atomic E-state index is 8.82. The van der Waals surface area contributed by atoms with Crippen molar-refractivity contribution in [3.05, 3.63) is 29.3 Å². The van der Waals surface area contributed by atoms with Crippen molar-refractivity contribution in [2.24, 2.45) is 5.73 Å². The first-order valence-electron chi connectivity index (χ1n) is 5.62. The van der Waals surface area contributed by atoms with E-state index in [1.54, 1.807) is 6.07 Å². The highest BCUT2D eigenvalue weighted by Gasteiger charge is 2.23. The van der Waals surface area contributed by atoms with E-state index in [2.05, 4.69) is 6.07 Å². The molecule has 3 heteroatoms. The van der Waals surface area contributed by atoms with E-state index in [9.17, 15) is 0 Å². The quantitative estimate of drug-likeness (QED) is 0.823. The number of aryl methyl sites for hydroxylation is 1. The predicted octanol–water partition coefficient (Wildman–Crippen LogP) is 2.13. The van der Waals surface area contributed by atoms with Gasteiger partial charge < -0.3 is 10.5 Å². The summed E-state index contributed by atoms with van der Waals surface area (Å²) in [5, 5.41) is 8.82. The van der Waals surface area contributed by atoms with E-state index in [4.69, 9.17) is 15.7 Å². The summed E-state index contributed by atoms with van der Waals surface area (Å²) in [6.45, 7) is 1.92. The Morgan fingerprint density at radius 2 is 2.25 bits per heavy atom. The second-order valence-corrected chi connectivity index (χ2v) is 4.40. The number of nitrogens with two attached hydrogens (primary N) is 1. The van der Waals surface area contributed by atoms with Crippen molar-refractivity contribution in [2.45, 2.75) is 38.3 Å². The molecule has 1 aliphatic rings. The molecule has 2 N–H and O–H groups in total. The van der Waals surface area contributed by atoms with Crippen molar-refractivity contribution in [1.29, 1.82) is 5.26 Å². The number of hydrogen-bond donors (Lipinski definition) is 1. The van der Waals surface area contributed by atoms with Crippen LogP contribution in [0, 0.1) is 18.3 Å². The summed E-state index contributed by atoms with van der Waals surface area (Å²) in [7, 11) is 0. The van der Waals surface area contributed by atoms with Gasteiger partial charge in [-0.05, 0) is 49.9 Å². The van der Waals surface area contributed by atoms with Crippen molar-refractivity contribution in [1.82, 2.24) is 0 Å². The third kappa shape index (κ3) is 2.34. The number of nitriles is 1. The molecule has 0 bridgehead atoms. The Hall–Kier alpha value is -1.53. The minimum atomic E-state index is 0.238. The molecule has 0 heterocycles. The average molecular weight is 216 g/mol. The topological polar surface area (TPSA) is 59.0 Å². The number of nitrogens with zero attached hydrogens (tertiary/aromatic N) is 1. The van der Waals surface area contributed by atoms with E-state index in [0.717, 1.165) is 30.6 Å². The first kappa shape index (κ1) is 11.0. The SMILES string of the molecule is Cc1cc(OC2CCC(N)C2)ccc1C#N. The summed E-state index contributed by atoms with van der Waals surface area (Å²) in [4.78, 5) is 0. The van der Waals surface area contributed by atoms with E-state index < -0.39 is 0 Å². The molecule has 1 aromatic carbocycles. The molecule has 3 nitrogen and oxygen atoms in total. The van der Waals surface area contributed by atoms with Crippen LogP contribution in [0.3, 0.4) is 0 Å². The Bertz CT molecular complexity index is 422. The second-order valence-electron chi connectivity index (χ2n) is 4.40. The van der Waals surface area contributed by atoms with Gasteiger partial charge in [-0.1, -0.05) is 0 Å². The largest absolute Gasteiger partial charge is 0.490 e. The number of rotatable bonds is 2. The molecule has 1 fully saturated rings. The van der Waals surface area contributed by atoms with Gasteiger partial charge in [0.05, 0.1) is 11.6 Å². The van der Waals surface area contributed by atoms with E-state index in [-0.39, 0.29) is 12.1 Å². The van der Waals surface area contributed by atoms with Gasteiger partial charge in [-0.3, -0.25) is 0 Å². The Labute approximate surface area is 95.8 Å². The van der Waals surface area contributed by atoms with Gasteiger partial charge >= 0.3 is 0 Å². The van der Waals surface area contributed by atoms with Gasteiger partial charge in [0.1, 0.15) is 11.9 Å². The molecule has 1 saturated carbocycles. The van der Waals surface area contributed by atoms with Crippen molar-refractivity contribution >= 4 is 0 Å². The Morgan fingerprint density at radius 1 is 1.44 bits per heavy atom. The zero-order valence-electron chi connectivity index (χ0n) is 9.44. The lowest BCUT2D eigenvalue weighted by Gasteiger charge is -2.14. The van der Waals surface area contributed by atoms with Gasteiger partial charge in [-0.2, -0.15) is 5.26 Å². The average Bonchev–Trinajstić information content (AvgIpc) is 2.64. The number of hydrogen-bond acceptors (Lipinski definition) is 3. The monoisotopic (exact) mass is 216 g/mol. The van der Waals surface area contributed by atoms with Crippen LogP contribution in [0.5, 0.6) is 5.75 Å². The highest BCUT2D eigenvalue weighted by Crippen LogP contribution is 2.24. The zero-order valence-corrected chi connectivity index (χ0v) is 9.44. The van der Waals surface area contributed by atoms with Gasteiger partial charge in [-0.15, -0.1) is 0 Å². The summed E-state index contributed by atoms with van der Waals surface area (Å²) < 4.78 is 5.84. The Balaban J connectivity index is 2.05. The molecule has 0 spiro atoms. The van der Waals surface area contributed by atoms with Crippen LogP contribution in [0.2, 0.25) is 0 Å². The van der Waals surface area contributed by atoms with E-state index in [1.165, 1.54) is 0 Å². The Kier molecular flexibility index (Phi) is 3.12. The fourth-order valence-electron chi connectivity index (χ4n) is 2.11. The fraction of sp³-hybridized carbons (Fsp3) is 0.462. The molecule has 2 rings (SSSR count). The van der Waals surface area contributed by atoms with Crippen LogP contribution in [0.25, 0.3) is 0 Å². The summed E-state index contributed by atoms with van der Waals surface area (Å²) in [6.07, 6.45) is 3.24. The van der Waals surface area contributed by atoms with Crippen LogP contribution in [0.4, 0.5) is 0 Å². The second kappa shape index (κ2) is 4.54. The van der Waals surface area contributed by atoms with Gasteiger partial charge in [-0.25, -0.2) is 0 Å². The van der Waals surface area contributed by atoms with Crippen LogP contribution < -0.4 is 10.5 Å². The van der Waals surface area contributed by atoms with E-state index >= 15 is 0 Å². The summed E-state index contributed by atoms with van der Waals surface area (Å²) in [5.74, 6) is 0.843. The predicted molar refractivity (Wildman–Crippen MR) is 62.1 cm³/mol. The third-order valence-electron chi connectivity index (χ3n) is 3.05. The maximum atomic E-state index is 8.82. The molecular weight excluding hydrogens is 200 g/mol. The summed E-state index contributed by atoms with van der Waals surface area (Å²) >= 11 is 0. The van der Waals surface area contributed by atoms with E-state index in [1.807, 2.05) is 19.1 Å². The summed E-state index contributed by atoms with van der Waals surface area (Å²) in [5.41, 5.74) is 7.50. The first-order chi connectivity index (χ1) is 7.69. The molecule has 0 saturated heterocycles. The molecule has 2 atom stereocenters. The molecule has 1 aliphatic carbocycles. The lowest BCUT2D eigenvalue weighted by molar-refractivity contribution is 0.208. The summed E-state index contributed by atoms with van der Waals surface area (Å²) in [6, 6.07) is 8.01. The minimum Gasteiger partial charge on any atom is -0.490 e. The van der Waals surface area contributed by atoms with E-state index in [0.29, 0.717) is 5.56 Å². The number of ether oxygens (including phenoxy) is 1. The molecule has 0 amide bonds. The van der Waals surface area contributed by atoms with Gasteiger partial charge in [0.15, 0.2) is 0 Å². The molecular formula is C13H16N2O. The van der Waals surface area contributed by atoms with Crippen molar-refractivity contribution in [2.75, 3.05) is 0 Å². The van der Waals surface area contributed by atoms with Crippen LogP contribution in [0.15, 0.2) is 18.2 Å². The van der Waals surface area contributed by atoms with Crippen LogP contribution in [-0.4, -0.2) is 12.1 Å². The molecule has 1 aromatic rings. The van der Waals surface area contributed by atoms with Crippen molar-refractivity contribution in [3.8, 4) is 11.8 Å². The molecule has 84 valence electrons. The highest BCUT2D eigenvalue weighted by atomic mass is 16.5. The third-order valence-corrected chi connectivity index (χ3v) is 3.05. The highest BCUT2D eigenvalue weighted by molar-refractivity contribution is 5.41. The molecule has 0 aliphatic heterocycles. The fourth-order valence-corrected chi connectivity index (χ4v) is 2.11. The minimum absolute atomic E-state index is 0.238. The van der Waals surface area contributed by atoms with Crippen LogP contribution in [-0.2, 0) is 0 Å². The molecule has 0 aromatic heterocycles. The zero-order chi connectivity index (χ0) is 11.5. The smallest absolute Gasteiger partial charge is 0.120 e. The first-order valence-corrected chi connectivity index (χ1v) is 5.62. The number of benzene rings is 1. The van der Waals surface area contributed by atoms with Gasteiger partial charge in [0.25, 0.3) is 0 Å². The van der Waals surface area contributed by atoms with Crippen molar-refractivity contribution < 1.29 is 4.74 Å². The molecule has 0 radical (unpaired) electrons. The Morgan fingerprint density at radius 3 is 2.81 bits per heavy atom. The normalized spacial score (nSPS) is 24.1. The molecule has 2 unspecified atom stereocenters. The molecule has 16 heavy (non-hydrogen) atoms. The van der Waals surface area contributed by atoms with Gasteiger partial charge in [0.2, 0.25) is 0 Å². The maximum Gasteiger partial charge on any atom is 0.120 e. The van der Waals surface area contributed by atoms with Crippen molar-refractivity contribution in [3.63, 3.8) is 0 Å². The van der Waals surface area contributed by atoms with Crippen LogP contribution in [0.1, 0.15) is 30.4 Å².